The molecule has 0 spiro atoms. The Morgan fingerprint density at radius 1 is 1.09 bits per heavy atom. The number of hydrogen-bond acceptors (Lipinski definition) is 5. The van der Waals surface area contributed by atoms with Crippen LogP contribution in [-0.4, -0.2) is 23.0 Å². The number of aromatic nitrogens is 2. The Morgan fingerprint density at radius 3 is 2.65 bits per heavy atom. The molecular weight excluding hydrogens is 360 g/mol. The zero-order chi connectivity index (χ0) is 16.2. The lowest BCUT2D eigenvalue weighted by Crippen LogP contribution is -2.06. The SMILES string of the molecule is COc1ccc(Br)cc1COC(=O)c1ccc2nccnc2c1. The lowest BCUT2D eigenvalue weighted by atomic mass is 10.2. The molecule has 0 bridgehead atoms. The van der Waals surface area contributed by atoms with E-state index in [0.29, 0.717) is 16.8 Å². The van der Waals surface area contributed by atoms with Crippen LogP contribution in [-0.2, 0) is 11.3 Å². The van der Waals surface area contributed by atoms with Crippen LogP contribution in [0.2, 0.25) is 0 Å². The predicted octanol–water partition coefficient (Wildman–Crippen LogP) is 3.76. The third kappa shape index (κ3) is 3.48. The van der Waals surface area contributed by atoms with Crippen molar-refractivity contribution < 1.29 is 14.3 Å². The van der Waals surface area contributed by atoms with Gasteiger partial charge in [0.05, 0.1) is 23.7 Å². The number of hydrogen-bond donors (Lipinski definition) is 0. The van der Waals surface area contributed by atoms with Crippen LogP contribution >= 0.6 is 15.9 Å². The molecule has 0 aliphatic carbocycles. The summed E-state index contributed by atoms with van der Waals surface area (Å²) in [5.41, 5.74) is 2.61. The molecule has 2 aromatic carbocycles. The van der Waals surface area contributed by atoms with Crippen molar-refractivity contribution in [3.8, 4) is 5.75 Å². The van der Waals surface area contributed by atoms with Crippen LogP contribution in [0, 0.1) is 0 Å². The van der Waals surface area contributed by atoms with Gasteiger partial charge < -0.3 is 9.47 Å². The molecule has 0 atom stereocenters. The fourth-order valence-corrected chi connectivity index (χ4v) is 2.59. The van der Waals surface area contributed by atoms with Crippen molar-refractivity contribution in [1.82, 2.24) is 9.97 Å². The van der Waals surface area contributed by atoms with Crippen molar-refractivity contribution in [3.05, 3.63) is 64.4 Å². The summed E-state index contributed by atoms with van der Waals surface area (Å²) in [4.78, 5) is 20.6. The maximum absolute atomic E-state index is 12.2. The van der Waals surface area contributed by atoms with E-state index in [1.165, 1.54) is 0 Å². The fraction of sp³-hybridized carbons (Fsp3) is 0.118. The number of fused-ring (bicyclic) bond motifs is 1. The maximum Gasteiger partial charge on any atom is 0.338 e. The van der Waals surface area contributed by atoms with Crippen LogP contribution in [0.1, 0.15) is 15.9 Å². The predicted molar refractivity (Wildman–Crippen MR) is 89.4 cm³/mol. The minimum atomic E-state index is -0.417. The molecule has 3 rings (SSSR count). The molecule has 0 radical (unpaired) electrons. The molecule has 0 aliphatic heterocycles. The zero-order valence-electron chi connectivity index (χ0n) is 12.3. The van der Waals surface area contributed by atoms with Crippen LogP contribution in [0.3, 0.4) is 0 Å². The number of halogens is 1. The van der Waals surface area contributed by atoms with E-state index >= 15 is 0 Å². The molecule has 6 heteroatoms. The van der Waals surface area contributed by atoms with E-state index in [9.17, 15) is 4.79 Å². The number of esters is 1. The van der Waals surface area contributed by atoms with Gasteiger partial charge in [0.25, 0.3) is 0 Å². The summed E-state index contributed by atoms with van der Waals surface area (Å²) in [7, 11) is 1.58. The minimum absolute atomic E-state index is 0.125. The van der Waals surface area contributed by atoms with Gasteiger partial charge in [0.2, 0.25) is 0 Å². The molecule has 0 unspecified atom stereocenters. The summed E-state index contributed by atoms with van der Waals surface area (Å²) < 4.78 is 11.5. The molecule has 116 valence electrons. The van der Waals surface area contributed by atoms with Gasteiger partial charge in [-0.3, -0.25) is 9.97 Å². The zero-order valence-corrected chi connectivity index (χ0v) is 13.9. The highest BCUT2D eigenvalue weighted by atomic mass is 79.9. The molecule has 0 fully saturated rings. The lowest BCUT2D eigenvalue weighted by molar-refractivity contribution is 0.0470. The quantitative estimate of drug-likeness (QED) is 0.652. The Kier molecular flexibility index (Phi) is 4.52. The Hall–Kier alpha value is -2.47. The average Bonchev–Trinajstić information content (AvgIpc) is 2.59. The third-order valence-electron chi connectivity index (χ3n) is 3.31. The summed E-state index contributed by atoms with van der Waals surface area (Å²) in [6, 6.07) is 10.6. The molecule has 5 nitrogen and oxygen atoms in total. The van der Waals surface area contributed by atoms with Gasteiger partial charge in [0.1, 0.15) is 12.4 Å². The number of benzene rings is 2. The number of nitrogens with zero attached hydrogens (tertiary/aromatic N) is 2. The second-order valence-electron chi connectivity index (χ2n) is 4.79. The summed E-state index contributed by atoms with van der Waals surface area (Å²) >= 11 is 3.39. The molecule has 0 saturated carbocycles. The van der Waals surface area contributed by atoms with E-state index in [1.54, 1.807) is 37.7 Å². The average molecular weight is 373 g/mol. The molecule has 0 aliphatic rings. The fourth-order valence-electron chi connectivity index (χ4n) is 2.18. The van der Waals surface area contributed by atoms with Crippen LogP contribution in [0.25, 0.3) is 11.0 Å². The smallest absolute Gasteiger partial charge is 0.338 e. The van der Waals surface area contributed by atoms with Crippen molar-refractivity contribution in [1.29, 1.82) is 0 Å². The van der Waals surface area contributed by atoms with Crippen molar-refractivity contribution in [2.24, 2.45) is 0 Å². The van der Waals surface area contributed by atoms with Gasteiger partial charge >= 0.3 is 5.97 Å². The van der Waals surface area contributed by atoms with Gasteiger partial charge in [-0.1, -0.05) is 15.9 Å². The first-order valence-corrected chi connectivity index (χ1v) is 7.67. The van der Waals surface area contributed by atoms with Crippen LogP contribution < -0.4 is 4.74 Å². The number of carbonyl (C=O) groups is 1. The Balaban J connectivity index is 1.77. The summed E-state index contributed by atoms with van der Waals surface area (Å²) in [6.45, 7) is 0.125. The lowest BCUT2D eigenvalue weighted by Gasteiger charge is -2.10. The van der Waals surface area contributed by atoms with Crippen LogP contribution in [0.15, 0.2) is 53.3 Å². The highest BCUT2D eigenvalue weighted by molar-refractivity contribution is 9.10. The summed E-state index contributed by atoms with van der Waals surface area (Å²) in [5, 5.41) is 0. The number of ether oxygens (including phenoxy) is 2. The van der Waals surface area contributed by atoms with E-state index in [0.717, 1.165) is 15.6 Å². The van der Waals surface area contributed by atoms with Gasteiger partial charge in [-0.05, 0) is 36.4 Å². The van der Waals surface area contributed by atoms with E-state index in [1.807, 2.05) is 18.2 Å². The molecule has 0 amide bonds. The largest absolute Gasteiger partial charge is 0.496 e. The van der Waals surface area contributed by atoms with E-state index < -0.39 is 5.97 Å². The van der Waals surface area contributed by atoms with Crippen LogP contribution in [0.5, 0.6) is 5.75 Å². The van der Waals surface area contributed by atoms with E-state index in [-0.39, 0.29) is 6.61 Å². The van der Waals surface area contributed by atoms with E-state index in [2.05, 4.69) is 25.9 Å². The first-order valence-electron chi connectivity index (χ1n) is 6.87. The molecule has 23 heavy (non-hydrogen) atoms. The second-order valence-corrected chi connectivity index (χ2v) is 5.71. The van der Waals surface area contributed by atoms with Gasteiger partial charge in [-0.15, -0.1) is 0 Å². The van der Waals surface area contributed by atoms with Crippen molar-refractivity contribution in [2.75, 3.05) is 7.11 Å². The Bertz CT molecular complexity index is 867. The monoisotopic (exact) mass is 372 g/mol. The van der Waals surface area contributed by atoms with Crippen molar-refractivity contribution in [2.45, 2.75) is 6.61 Å². The summed E-state index contributed by atoms with van der Waals surface area (Å²) in [5.74, 6) is 0.255. The van der Waals surface area contributed by atoms with Gasteiger partial charge in [0, 0.05) is 22.4 Å². The molecule has 0 N–H and O–H groups in total. The van der Waals surface area contributed by atoms with Gasteiger partial charge in [-0.2, -0.15) is 0 Å². The number of carbonyl (C=O) groups excluding carboxylic acids is 1. The van der Waals surface area contributed by atoms with E-state index in [4.69, 9.17) is 9.47 Å². The molecule has 1 heterocycles. The Labute approximate surface area is 141 Å². The van der Waals surface area contributed by atoms with Gasteiger partial charge in [-0.25, -0.2) is 4.79 Å². The van der Waals surface area contributed by atoms with Crippen molar-refractivity contribution >= 4 is 32.9 Å². The van der Waals surface area contributed by atoms with Crippen LogP contribution in [0.4, 0.5) is 0 Å². The second kappa shape index (κ2) is 6.75. The standard InChI is InChI=1S/C17H13BrN2O3/c1-22-16-5-3-13(18)8-12(16)10-23-17(21)11-2-4-14-15(9-11)20-7-6-19-14/h2-9H,10H2,1H3. The highest BCUT2D eigenvalue weighted by Crippen LogP contribution is 2.24. The summed E-state index contributed by atoms with van der Waals surface area (Å²) in [6.07, 6.45) is 3.20. The minimum Gasteiger partial charge on any atom is -0.496 e. The Morgan fingerprint density at radius 2 is 1.87 bits per heavy atom. The first kappa shape index (κ1) is 15.4. The third-order valence-corrected chi connectivity index (χ3v) is 3.80. The molecular formula is C17H13BrN2O3. The highest BCUT2D eigenvalue weighted by Gasteiger charge is 2.11. The van der Waals surface area contributed by atoms with Gasteiger partial charge in [0.15, 0.2) is 0 Å². The topological polar surface area (TPSA) is 61.3 Å². The number of methoxy groups -OCH3 is 1. The van der Waals surface area contributed by atoms with Crippen molar-refractivity contribution in [3.63, 3.8) is 0 Å². The normalized spacial score (nSPS) is 10.5. The molecule has 1 aromatic heterocycles. The number of rotatable bonds is 4. The maximum atomic E-state index is 12.2. The molecule has 3 aromatic rings. The molecule has 0 saturated heterocycles. The first-order chi connectivity index (χ1) is 11.2.